The number of ether oxygens (including phenoxy) is 8. The van der Waals surface area contributed by atoms with Crippen LogP contribution in [0.3, 0.4) is 0 Å². The Kier molecular flexibility index (Phi) is 30.8. The Morgan fingerprint density at radius 3 is 1.99 bits per heavy atom. The Morgan fingerprint density at radius 2 is 1.33 bits per heavy atom. The van der Waals surface area contributed by atoms with Crippen LogP contribution in [-0.4, -0.2) is 259 Å². The topological polar surface area (TPSA) is 441 Å². The summed E-state index contributed by atoms with van der Waals surface area (Å²) in [5.74, 6) is -6.99. The van der Waals surface area contributed by atoms with Crippen molar-refractivity contribution in [3.63, 3.8) is 0 Å². The van der Waals surface area contributed by atoms with Crippen molar-refractivity contribution < 1.29 is 105 Å². The number of anilines is 1. The molecule has 4 atom stereocenters. The second kappa shape index (κ2) is 40.4. The second-order valence-corrected chi connectivity index (χ2v) is 26.3. The summed E-state index contributed by atoms with van der Waals surface area (Å²) >= 11 is 0. The van der Waals surface area contributed by atoms with Crippen molar-refractivity contribution >= 4 is 93.0 Å². The number of pyridine rings is 1. The van der Waals surface area contributed by atoms with Crippen LogP contribution < -0.4 is 48.3 Å². The summed E-state index contributed by atoms with van der Waals surface area (Å²) in [5, 5.41) is 33.8. The number of aryl methyl sites for hydroxylation is 1. The number of rotatable bonds is 45. The molecule has 1 fully saturated rings. The molecule has 0 saturated heterocycles. The van der Waals surface area contributed by atoms with Crippen LogP contribution >= 0.6 is 0 Å². The van der Waals surface area contributed by atoms with E-state index in [9.17, 15) is 62.6 Å². The van der Waals surface area contributed by atoms with E-state index in [1.165, 1.54) is 18.2 Å². The van der Waals surface area contributed by atoms with Gasteiger partial charge < -0.3 is 91.3 Å². The molecule has 3 aliphatic heterocycles. The molecule has 10 amide bonds. The zero-order chi connectivity index (χ0) is 76.4. The van der Waals surface area contributed by atoms with E-state index < -0.39 is 116 Å². The van der Waals surface area contributed by atoms with Gasteiger partial charge in [0.1, 0.15) is 37.8 Å². The third-order valence-corrected chi connectivity index (χ3v) is 19.1. The van der Waals surface area contributed by atoms with Crippen molar-refractivity contribution in [3.05, 3.63) is 99.5 Å². The Labute approximate surface area is 617 Å². The monoisotopic (exact) mass is 1490 g/mol. The van der Waals surface area contributed by atoms with Crippen molar-refractivity contribution in [2.24, 2.45) is 5.73 Å². The number of imide groups is 1. The number of hydrogen-bond donors (Lipinski definition) is 10. The molecule has 1 saturated carbocycles. The number of carbonyl (C=O) groups is 12. The van der Waals surface area contributed by atoms with Gasteiger partial charge in [0, 0.05) is 96.7 Å². The maximum absolute atomic E-state index is 15.5. The van der Waals surface area contributed by atoms with Gasteiger partial charge in [-0.25, -0.2) is 14.2 Å². The average molecular weight is 1500 g/mol. The lowest BCUT2D eigenvalue weighted by Gasteiger charge is -2.37. The van der Waals surface area contributed by atoms with E-state index in [2.05, 4.69) is 47.4 Å². The van der Waals surface area contributed by atoms with E-state index in [4.69, 9.17) is 48.6 Å². The fourth-order valence-corrected chi connectivity index (χ4v) is 13.4. The number of hydrogen-bond acceptors (Lipinski definition) is 24. The van der Waals surface area contributed by atoms with E-state index >= 15 is 4.39 Å². The van der Waals surface area contributed by atoms with Gasteiger partial charge in [-0.1, -0.05) is 37.3 Å². The molecule has 1 unspecified atom stereocenters. The second-order valence-electron chi connectivity index (χ2n) is 26.3. The van der Waals surface area contributed by atoms with Gasteiger partial charge in [0.05, 0.1) is 128 Å². The summed E-state index contributed by atoms with van der Waals surface area (Å²) in [7, 11) is 0. The van der Waals surface area contributed by atoms with Crippen LogP contribution in [0.15, 0.2) is 65.8 Å². The number of nitrogens with zero attached hydrogens (tertiary/aromatic N) is 3. The van der Waals surface area contributed by atoms with Crippen LogP contribution in [0.1, 0.15) is 98.7 Å². The zero-order valence-electron chi connectivity index (χ0n) is 60.1. The van der Waals surface area contributed by atoms with Gasteiger partial charge in [0.25, 0.3) is 11.8 Å². The SMILES string of the molecule is CC[C@@]1(O)C(=O)OCC2=C1C=C1c3nc4cc(F)c(C)c5c4c(c3NC1C2=O)[C@@H](NC(=O)COCNC(=O)CNC(=O)[C@H](Cc1ccccc1)NC(=O)CNC(=O)CNC(=O)CCOCCOCCN(CCOCCOCCC(N)=O)C1CCC(NC(=O)CCOCCOCCN2C(=O)C=CC2=O)CC1)CC5. The summed E-state index contributed by atoms with van der Waals surface area (Å²) in [6.07, 6.45) is 8.11. The number of fused-ring (bicyclic) bond motifs is 4. The van der Waals surface area contributed by atoms with E-state index in [0.717, 1.165) is 30.6 Å². The van der Waals surface area contributed by atoms with Crippen molar-refractivity contribution in [3.8, 4) is 0 Å². The largest absolute Gasteiger partial charge is 0.458 e. The molecule has 34 heteroatoms. The maximum Gasteiger partial charge on any atom is 0.343 e. The molecule has 11 N–H and O–H groups in total. The van der Waals surface area contributed by atoms with Crippen molar-refractivity contribution in [2.75, 3.05) is 144 Å². The number of aliphatic hydroxyl groups is 1. The van der Waals surface area contributed by atoms with Gasteiger partial charge in [0.15, 0.2) is 11.4 Å². The Bertz CT molecular complexity index is 3830. The number of halogens is 1. The number of primary amides is 1. The average Bonchev–Trinajstić information content (AvgIpc) is 1.59. The predicted octanol–water partition coefficient (Wildman–Crippen LogP) is -0.883. The minimum absolute atomic E-state index is 0.0131. The molecule has 0 spiro atoms. The molecule has 3 aromatic rings. The summed E-state index contributed by atoms with van der Waals surface area (Å²) in [5.41, 5.74) is 7.12. The predicted molar refractivity (Wildman–Crippen MR) is 379 cm³/mol. The van der Waals surface area contributed by atoms with Gasteiger partial charge in [-0.15, -0.1) is 0 Å². The minimum atomic E-state index is -2.07. The van der Waals surface area contributed by atoms with Crippen LogP contribution in [0.2, 0.25) is 0 Å². The number of cyclic esters (lactones) is 1. The molecule has 4 heterocycles. The van der Waals surface area contributed by atoms with Gasteiger partial charge in [0.2, 0.25) is 47.3 Å². The fourth-order valence-electron chi connectivity index (χ4n) is 13.4. The van der Waals surface area contributed by atoms with E-state index in [0.29, 0.717) is 97.0 Å². The summed E-state index contributed by atoms with van der Waals surface area (Å²) in [6, 6.07) is 7.41. The van der Waals surface area contributed by atoms with E-state index in [1.54, 1.807) is 50.3 Å². The molecule has 0 bridgehead atoms. The molecular weight excluding hydrogens is 1400 g/mol. The zero-order valence-corrected chi connectivity index (χ0v) is 60.1. The summed E-state index contributed by atoms with van der Waals surface area (Å²) in [4.78, 5) is 161. The number of nitrogens with one attached hydrogen (secondary N) is 8. The molecule has 0 radical (unpaired) electrons. The lowest BCUT2D eigenvalue weighted by atomic mass is 9.77. The van der Waals surface area contributed by atoms with Crippen LogP contribution in [0.5, 0.6) is 0 Å². The number of ketones is 1. The fraction of sp³-hybridized carbons (Fsp3) is 0.548. The first kappa shape index (κ1) is 81.6. The first-order valence-corrected chi connectivity index (χ1v) is 36.0. The highest BCUT2D eigenvalue weighted by atomic mass is 19.1. The van der Waals surface area contributed by atoms with Crippen molar-refractivity contribution in [1.29, 1.82) is 0 Å². The highest BCUT2D eigenvalue weighted by Gasteiger charge is 2.51. The van der Waals surface area contributed by atoms with Gasteiger partial charge in [-0.2, -0.15) is 0 Å². The summed E-state index contributed by atoms with van der Waals surface area (Å²) in [6.45, 7) is 4.81. The number of aromatic nitrogens is 1. The molecule has 580 valence electrons. The number of Topliss-reactive ketones (excluding diaryl/α,β-unsaturated/α-hetero) is 1. The summed E-state index contributed by atoms with van der Waals surface area (Å²) < 4.78 is 59.9. The molecule has 3 aliphatic carbocycles. The highest BCUT2D eigenvalue weighted by Crippen LogP contribution is 2.50. The van der Waals surface area contributed by atoms with Crippen molar-refractivity contribution in [2.45, 2.75) is 120 Å². The molecule has 2 aromatic carbocycles. The first-order valence-electron chi connectivity index (χ1n) is 36.0. The minimum Gasteiger partial charge on any atom is -0.458 e. The molecule has 107 heavy (non-hydrogen) atoms. The smallest absolute Gasteiger partial charge is 0.343 e. The van der Waals surface area contributed by atoms with Crippen LogP contribution in [0.4, 0.5) is 10.1 Å². The third-order valence-electron chi connectivity index (χ3n) is 19.1. The van der Waals surface area contributed by atoms with Crippen LogP contribution in [0, 0.1) is 12.7 Å². The number of carbonyl (C=O) groups excluding carboxylic acids is 12. The van der Waals surface area contributed by atoms with Crippen LogP contribution in [-0.2, 0) is 108 Å². The first-order chi connectivity index (χ1) is 51.6. The van der Waals surface area contributed by atoms with Gasteiger partial charge >= 0.3 is 5.97 Å². The molecule has 33 nitrogen and oxygen atoms in total. The van der Waals surface area contributed by atoms with Gasteiger partial charge in [-0.05, 0) is 74.6 Å². The standard InChI is InChI=1S/C73H95FN12O21/c1-3-73(99)51-36-49-67-69(84-68(49)70(96)50(51)41-107-72(73)98)66-53(14-13-48-44(2)52(74)37-54(83-67)65(48)66)81-62(93)42-106-43-79-60(91)39-78-71(97)55(35-45-7-5-4-6-8-45)82-61(92)40-77-59(90)38-76-57(88)18-24-101-30-33-104-27-21-85(20-26-103-32-29-100-23-17-56(75)87)47-11-9-46(10-12-47)80-58(89)19-25-102-31-34-105-28-22-86-63(94)15-16-64(86)95/h4-8,15-16,36-37,46-47,53,55,68,84,99H,3,9-14,17-35,38-43H2,1-2H3,(H2,75,87)(H,76,88)(H,77,90)(H,78,97)(H,79,91)(H,80,89)(H,81,93)(H,82,92)/t46?,47?,53-,55-,68?,73-/m0/s1. The molecule has 1 aromatic heterocycles. The third kappa shape index (κ3) is 23.0. The molecule has 9 rings (SSSR count). The Hall–Kier alpha value is -9.52. The molecule has 6 aliphatic rings. The quantitative estimate of drug-likeness (QED) is 0.0142. The van der Waals surface area contributed by atoms with Crippen molar-refractivity contribution in [1.82, 2.24) is 52.0 Å². The number of benzene rings is 2. The van der Waals surface area contributed by atoms with E-state index in [1.807, 2.05) is 0 Å². The highest BCUT2D eigenvalue weighted by molar-refractivity contribution is 6.18. The Balaban J connectivity index is 0.634. The number of amides is 10. The van der Waals surface area contributed by atoms with E-state index in [-0.39, 0.29) is 145 Å². The lowest BCUT2D eigenvalue weighted by molar-refractivity contribution is -0.163. The Morgan fingerprint density at radius 1 is 0.720 bits per heavy atom. The molecular formula is C73H95FN12O21. The lowest BCUT2D eigenvalue weighted by Crippen LogP contribution is -2.52. The maximum atomic E-state index is 15.5. The number of esters is 1. The van der Waals surface area contributed by atoms with Crippen LogP contribution in [0.25, 0.3) is 16.5 Å². The van der Waals surface area contributed by atoms with Gasteiger partial charge in [-0.3, -0.25) is 62.5 Å². The normalized spacial score (nSPS) is 19.4. The number of nitrogens with two attached hydrogens (primary N) is 1.